The Morgan fingerprint density at radius 2 is 2.07 bits per heavy atom. The number of amides is 2. The molecular weight excluding hydrogens is 342 g/mol. The van der Waals surface area contributed by atoms with Crippen LogP contribution in [0.4, 0.5) is 0 Å². The molecule has 4 rings (SSSR count). The van der Waals surface area contributed by atoms with Crippen LogP contribution >= 0.6 is 0 Å². The summed E-state index contributed by atoms with van der Waals surface area (Å²) < 4.78 is 1.91. The van der Waals surface area contributed by atoms with Crippen LogP contribution in [0.5, 0.6) is 0 Å². The Kier molecular flexibility index (Phi) is 4.68. The summed E-state index contributed by atoms with van der Waals surface area (Å²) in [6.07, 6.45) is 4.78. The quantitative estimate of drug-likeness (QED) is 0.809. The molecule has 2 aromatic heterocycles. The Bertz CT molecular complexity index is 834. The van der Waals surface area contributed by atoms with E-state index in [0.29, 0.717) is 32.0 Å². The lowest BCUT2D eigenvalue weighted by Gasteiger charge is -2.34. The molecular formula is C20H25N5O2. The molecule has 0 spiro atoms. The number of hydrogen-bond donors (Lipinski definition) is 0. The lowest BCUT2D eigenvalue weighted by atomic mass is 10.1. The molecule has 0 radical (unpaired) electrons. The molecule has 2 amide bonds. The van der Waals surface area contributed by atoms with Gasteiger partial charge in [0.25, 0.3) is 0 Å². The largest absolute Gasteiger partial charge is 0.340 e. The van der Waals surface area contributed by atoms with E-state index in [0.717, 1.165) is 17.8 Å². The van der Waals surface area contributed by atoms with Crippen molar-refractivity contribution in [3.63, 3.8) is 0 Å². The molecule has 1 aliphatic heterocycles. The zero-order chi connectivity index (χ0) is 19.0. The summed E-state index contributed by atoms with van der Waals surface area (Å²) in [5, 5.41) is 4.40. The fourth-order valence-corrected chi connectivity index (χ4v) is 3.79. The summed E-state index contributed by atoms with van der Waals surface area (Å²) in [7, 11) is 1.79. The third-order valence-electron chi connectivity index (χ3n) is 5.58. The Hall–Kier alpha value is -2.70. The predicted octanol–water partition coefficient (Wildman–Crippen LogP) is 1.87. The second kappa shape index (κ2) is 7.13. The molecule has 27 heavy (non-hydrogen) atoms. The van der Waals surface area contributed by atoms with E-state index in [1.54, 1.807) is 24.3 Å². The normalized spacial score (nSPS) is 23.6. The Labute approximate surface area is 159 Å². The van der Waals surface area contributed by atoms with Gasteiger partial charge >= 0.3 is 0 Å². The molecule has 142 valence electrons. The highest BCUT2D eigenvalue weighted by Gasteiger charge is 2.43. The van der Waals surface area contributed by atoms with E-state index >= 15 is 0 Å². The zero-order valence-corrected chi connectivity index (χ0v) is 15.8. The molecule has 0 unspecified atom stereocenters. The SMILES string of the molecule is C[C@@H]1C[C@@H]1C(=O)N1Cc2ccnn2[C@@H](CC(=O)N(C)Cc2ccccn2)C1. The van der Waals surface area contributed by atoms with Crippen LogP contribution in [0.25, 0.3) is 0 Å². The molecule has 1 aliphatic carbocycles. The summed E-state index contributed by atoms with van der Waals surface area (Å²) in [4.78, 5) is 33.4. The van der Waals surface area contributed by atoms with Crippen LogP contribution in [0.2, 0.25) is 0 Å². The van der Waals surface area contributed by atoms with E-state index in [9.17, 15) is 9.59 Å². The van der Waals surface area contributed by atoms with Crippen molar-refractivity contribution in [2.45, 2.75) is 38.9 Å². The van der Waals surface area contributed by atoms with Gasteiger partial charge in [-0.3, -0.25) is 19.3 Å². The van der Waals surface area contributed by atoms with Crippen LogP contribution in [-0.4, -0.2) is 50.0 Å². The van der Waals surface area contributed by atoms with Gasteiger partial charge in [0.15, 0.2) is 0 Å². The van der Waals surface area contributed by atoms with Crippen LogP contribution in [-0.2, 0) is 22.7 Å². The van der Waals surface area contributed by atoms with E-state index in [-0.39, 0.29) is 23.8 Å². The molecule has 0 bridgehead atoms. The summed E-state index contributed by atoms with van der Waals surface area (Å²) >= 11 is 0. The minimum Gasteiger partial charge on any atom is -0.340 e. The maximum Gasteiger partial charge on any atom is 0.226 e. The van der Waals surface area contributed by atoms with Gasteiger partial charge in [0.2, 0.25) is 11.8 Å². The lowest BCUT2D eigenvalue weighted by Crippen LogP contribution is -2.43. The molecule has 3 heterocycles. The second-order valence-corrected chi connectivity index (χ2v) is 7.73. The van der Waals surface area contributed by atoms with Crippen LogP contribution in [0.15, 0.2) is 36.7 Å². The molecule has 1 saturated carbocycles. The number of nitrogens with zero attached hydrogens (tertiary/aromatic N) is 5. The molecule has 2 aliphatic rings. The van der Waals surface area contributed by atoms with E-state index in [1.807, 2.05) is 33.8 Å². The molecule has 0 aromatic carbocycles. The van der Waals surface area contributed by atoms with Gasteiger partial charge in [0, 0.05) is 31.9 Å². The van der Waals surface area contributed by atoms with Crippen molar-refractivity contribution in [2.75, 3.05) is 13.6 Å². The minimum absolute atomic E-state index is 0.0289. The van der Waals surface area contributed by atoms with E-state index in [4.69, 9.17) is 0 Å². The van der Waals surface area contributed by atoms with Gasteiger partial charge < -0.3 is 9.80 Å². The van der Waals surface area contributed by atoms with E-state index in [2.05, 4.69) is 17.0 Å². The first-order valence-corrected chi connectivity index (χ1v) is 9.48. The molecule has 0 saturated heterocycles. The van der Waals surface area contributed by atoms with Crippen molar-refractivity contribution in [1.82, 2.24) is 24.6 Å². The average molecular weight is 367 g/mol. The van der Waals surface area contributed by atoms with Crippen molar-refractivity contribution in [1.29, 1.82) is 0 Å². The zero-order valence-electron chi connectivity index (χ0n) is 15.8. The number of pyridine rings is 1. The number of carbonyl (C=O) groups is 2. The molecule has 2 aromatic rings. The van der Waals surface area contributed by atoms with Crippen molar-refractivity contribution in [2.24, 2.45) is 11.8 Å². The van der Waals surface area contributed by atoms with Gasteiger partial charge in [0.1, 0.15) is 0 Å². The van der Waals surface area contributed by atoms with Crippen LogP contribution in [0.1, 0.15) is 37.2 Å². The van der Waals surface area contributed by atoms with Crippen molar-refractivity contribution < 1.29 is 9.59 Å². The number of fused-ring (bicyclic) bond motifs is 1. The van der Waals surface area contributed by atoms with Crippen molar-refractivity contribution >= 4 is 11.8 Å². The monoisotopic (exact) mass is 367 g/mol. The second-order valence-electron chi connectivity index (χ2n) is 7.73. The molecule has 7 heteroatoms. The fraction of sp³-hybridized carbons (Fsp3) is 0.500. The third-order valence-corrected chi connectivity index (χ3v) is 5.58. The van der Waals surface area contributed by atoms with Crippen molar-refractivity contribution in [3.8, 4) is 0 Å². The Morgan fingerprint density at radius 3 is 2.78 bits per heavy atom. The first-order valence-electron chi connectivity index (χ1n) is 9.48. The number of aromatic nitrogens is 3. The summed E-state index contributed by atoms with van der Waals surface area (Å²) in [6, 6.07) is 7.50. The maximum absolute atomic E-state index is 12.8. The molecule has 0 N–H and O–H groups in total. The first kappa shape index (κ1) is 17.7. The maximum atomic E-state index is 12.8. The first-order chi connectivity index (χ1) is 13.0. The van der Waals surface area contributed by atoms with Gasteiger partial charge in [0.05, 0.1) is 36.9 Å². The molecule has 7 nitrogen and oxygen atoms in total. The predicted molar refractivity (Wildman–Crippen MR) is 99.3 cm³/mol. The van der Waals surface area contributed by atoms with Gasteiger partial charge in [-0.1, -0.05) is 13.0 Å². The van der Waals surface area contributed by atoms with Gasteiger partial charge in [-0.2, -0.15) is 5.10 Å². The number of hydrogen-bond acceptors (Lipinski definition) is 4. The van der Waals surface area contributed by atoms with Gasteiger partial charge in [-0.05, 0) is 30.5 Å². The highest BCUT2D eigenvalue weighted by atomic mass is 16.2. The fourth-order valence-electron chi connectivity index (χ4n) is 3.79. The van der Waals surface area contributed by atoms with E-state index < -0.39 is 0 Å². The average Bonchev–Trinajstić information content (AvgIpc) is 3.20. The lowest BCUT2D eigenvalue weighted by molar-refractivity contribution is -0.137. The van der Waals surface area contributed by atoms with Crippen LogP contribution < -0.4 is 0 Å². The number of carbonyl (C=O) groups excluding carboxylic acids is 2. The summed E-state index contributed by atoms with van der Waals surface area (Å²) in [5.74, 6) is 0.881. The highest BCUT2D eigenvalue weighted by molar-refractivity contribution is 5.82. The van der Waals surface area contributed by atoms with Gasteiger partial charge in [-0.25, -0.2) is 0 Å². The van der Waals surface area contributed by atoms with Crippen LogP contribution in [0, 0.1) is 11.8 Å². The van der Waals surface area contributed by atoms with Gasteiger partial charge in [-0.15, -0.1) is 0 Å². The topological polar surface area (TPSA) is 71.3 Å². The molecule has 3 atom stereocenters. The van der Waals surface area contributed by atoms with Crippen LogP contribution in [0.3, 0.4) is 0 Å². The number of rotatable bonds is 5. The smallest absolute Gasteiger partial charge is 0.226 e. The standard InChI is InChI=1S/C20H25N5O2/c1-14-9-18(14)20(27)24-12-16-6-8-22-25(16)17(13-24)10-19(26)23(2)11-15-5-3-4-7-21-15/h3-8,14,17-18H,9-13H2,1-2H3/t14-,17+,18+/m1/s1. The Morgan fingerprint density at radius 1 is 1.26 bits per heavy atom. The van der Waals surface area contributed by atoms with E-state index in [1.165, 1.54) is 0 Å². The highest BCUT2D eigenvalue weighted by Crippen LogP contribution is 2.40. The van der Waals surface area contributed by atoms with Crippen molar-refractivity contribution in [3.05, 3.63) is 48.0 Å². The Balaban J connectivity index is 1.44. The third kappa shape index (κ3) is 3.72. The summed E-state index contributed by atoms with van der Waals surface area (Å²) in [6.45, 7) is 3.71. The molecule has 1 fully saturated rings. The summed E-state index contributed by atoms with van der Waals surface area (Å²) in [5.41, 5.74) is 1.85. The minimum atomic E-state index is -0.125.